The lowest BCUT2D eigenvalue weighted by Gasteiger charge is -2.11. The van der Waals surface area contributed by atoms with Gasteiger partial charge < -0.3 is 9.50 Å². The molecule has 0 aromatic heterocycles. The predicted molar refractivity (Wildman–Crippen MR) is 89.1 cm³/mol. The van der Waals surface area contributed by atoms with E-state index in [1.807, 2.05) is 19.1 Å². The molecular formula is C17H19NO4S. The highest BCUT2D eigenvalue weighted by molar-refractivity contribution is 7.87. The van der Waals surface area contributed by atoms with E-state index in [9.17, 15) is 13.2 Å². The van der Waals surface area contributed by atoms with Gasteiger partial charge in [-0.1, -0.05) is 19.1 Å². The molecule has 0 fully saturated rings. The number of nitrogens with one attached hydrogen (secondary N) is 1. The zero-order chi connectivity index (χ0) is 17.0. The van der Waals surface area contributed by atoms with Crippen LogP contribution in [0.4, 0.5) is 5.69 Å². The summed E-state index contributed by atoms with van der Waals surface area (Å²) in [5.74, 6) is 0.181. The van der Waals surface area contributed by atoms with Gasteiger partial charge in [0.05, 0.1) is 0 Å². The normalized spacial score (nSPS) is 11.1. The molecule has 1 amide bonds. The van der Waals surface area contributed by atoms with Crippen LogP contribution >= 0.6 is 0 Å². The summed E-state index contributed by atoms with van der Waals surface area (Å²) in [6.07, 6.45) is 0.357. The van der Waals surface area contributed by atoms with E-state index in [1.165, 1.54) is 24.3 Å². The topological polar surface area (TPSA) is 72.5 Å². The molecule has 2 rings (SSSR count). The molecule has 1 N–H and O–H groups in total. The van der Waals surface area contributed by atoms with Crippen LogP contribution in [0.1, 0.15) is 24.5 Å². The molecule has 122 valence electrons. The molecule has 0 spiro atoms. The predicted octanol–water partition coefficient (Wildman–Crippen LogP) is 3.42. The van der Waals surface area contributed by atoms with Crippen LogP contribution in [0.15, 0.2) is 47.4 Å². The number of aryl methyl sites for hydroxylation is 2. The number of hydrogen-bond acceptors (Lipinski definition) is 4. The largest absolute Gasteiger partial charge is 0.379 e. The maximum atomic E-state index is 12.3. The van der Waals surface area contributed by atoms with E-state index < -0.39 is 10.1 Å². The van der Waals surface area contributed by atoms with Gasteiger partial charge in [0.2, 0.25) is 5.91 Å². The molecule has 23 heavy (non-hydrogen) atoms. The quantitative estimate of drug-likeness (QED) is 0.851. The van der Waals surface area contributed by atoms with Crippen LogP contribution in [0.3, 0.4) is 0 Å². The molecule has 6 heteroatoms. The van der Waals surface area contributed by atoms with Crippen molar-refractivity contribution in [3.05, 3.63) is 53.6 Å². The van der Waals surface area contributed by atoms with Crippen molar-refractivity contribution in [3.8, 4) is 5.75 Å². The van der Waals surface area contributed by atoms with Crippen molar-refractivity contribution >= 4 is 21.7 Å². The Kier molecular flexibility index (Phi) is 5.05. The lowest BCUT2D eigenvalue weighted by molar-refractivity contribution is -0.115. The molecule has 0 saturated carbocycles. The second kappa shape index (κ2) is 6.83. The van der Waals surface area contributed by atoms with Gasteiger partial charge in [0.1, 0.15) is 10.6 Å². The summed E-state index contributed by atoms with van der Waals surface area (Å²) in [5, 5.41) is 2.66. The maximum absolute atomic E-state index is 12.3. The van der Waals surface area contributed by atoms with Gasteiger partial charge in [-0.25, -0.2) is 0 Å². The fraction of sp³-hybridized carbons (Fsp3) is 0.235. The first-order chi connectivity index (χ1) is 10.8. The molecule has 2 aromatic carbocycles. The summed E-state index contributed by atoms with van der Waals surface area (Å²) in [7, 11) is -3.92. The Balaban J connectivity index is 2.22. The van der Waals surface area contributed by atoms with Crippen LogP contribution in [0, 0.1) is 13.8 Å². The van der Waals surface area contributed by atoms with Crippen LogP contribution in [-0.2, 0) is 14.9 Å². The van der Waals surface area contributed by atoms with Gasteiger partial charge in [-0.3, -0.25) is 4.79 Å². The van der Waals surface area contributed by atoms with E-state index in [2.05, 4.69) is 5.32 Å². The van der Waals surface area contributed by atoms with Crippen molar-refractivity contribution in [1.82, 2.24) is 0 Å². The van der Waals surface area contributed by atoms with E-state index in [1.54, 1.807) is 19.9 Å². The Morgan fingerprint density at radius 1 is 1.09 bits per heavy atom. The van der Waals surface area contributed by atoms with Gasteiger partial charge >= 0.3 is 10.1 Å². The first-order valence-corrected chi connectivity index (χ1v) is 8.64. The zero-order valence-corrected chi connectivity index (χ0v) is 14.1. The van der Waals surface area contributed by atoms with Crippen molar-refractivity contribution in [1.29, 1.82) is 0 Å². The number of benzene rings is 2. The van der Waals surface area contributed by atoms with Crippen molar-refractivity contribution in [2.75, 3.05) is 5.32 Å². The summed E-state index contributed by atoms with van der Waals surface area (Å²) in [6.45, 7) is 5.39. The van der Waals surface area contributed by atoms with E-state index in [0.717, 1.165) is 11.1 Å². The highest BCUT2D eigenvalue weighted by Crippen LogP contribution is 2.24. The van der Waals surface area contributed by atoms with Crippen LogP contribution in [-0.4, -0.2) is 14.3 Å². The first kappa shape index (κ1) is 17.0. The summed E-state index contributed by atoms with van der Waals surface area (Å²) in [5.41, 5.74) is 2.20. The summed E-state index contributed by atoms with van der Waals surface area (Å²) in [4.78, 5) is 11.4. The number of carbonyl (C=O) groups excluding carboxylic acids is 1. The molecule has 2 aromatic rings. The summed E-state index contributed by atoms with van der Waals surface area (Å²) in [6, 6.07) is 11.3. The van der Waals surface area contributed by atoms with E-state index in [-0.39, 0.29) is 10.8 Å². The molecular weight excluding hydrogens is 314 g/mol. The van der Waals surface area contributed by atoms with Crippen LogP contribution in [0.5, 0.6) is 5.75 Å². The monoisotopic (exact) mass is 333 g/mol. The van der Waals surface area contributed by atoms with Gasteiger partial charge in [-0.05, 0) is 55.3 Å². The molecule has 0 aliphatic carbocycles. The van der Waals surface area contributed by atoms with Crippen molar-refractivity contribution in [2.45, 2.75) is 32.1 Å². The lowest BCUT2D eigenvalue weighted by atomic mass is 10.1. The number of hydrogen-bond donors (Lipinski definition) is 1. The summed E-state index contributed by atoms with van der Waals surface area (Å²) < 4.78 is 29.9. The number of rotatable bonds is 5. The Bertz CT molecular complexity index is 811. The smallest absolute Gasteiger partial charge is 0.339 e. The molecule has 0 saturated heterocycles. The SMILES string of the molecule is CCC(=O)Nc1ccc(S(=O)(=O)Oc2cc(C)ccc2C)cc1. The van der Waals surface area contributed by atoms with Gasteiger partial charge in [-0.2, -0.15) is 8.42 Å². The van der Waals surface area contributed by atoms with E-state index in [0.29, 0.717) is 17.9 Å². The van der Waals surface area contributed by atoms with Crippen LogP contribution in [0.2, 0.25) is 0 Å². The Morgan fingerprint density at radius 2 is 1.74 bits per heavy atom. The minimum atomic E-state index is -3.92. The third-order valence-corrected chi connectivity index (χ3v) is 4.54. The Morgan fingerprint density at radius 3 is 2.35 bits per heavy atom. The standard InChI is InChI=1S/C17H19NO4S/c1-4-17(19)18-14-7-9-15(10-8-14)23(20,21)22-16-11-12(2)5-6-13(16)3/h5-11H,4H2,1-3H3,(H,18,19). The molecule has 0 radical (unpaired) electrons. The van der Waals surface area contributed by atoms with Crippen molar-refractivity contribution in [3.63, 3.8) is 0 Å². The lowest BCUT2D eigenvalue weighted by Crippen LogP contribution is -2.12. The fourth-order valence-electron chi connectivity index (χ4n) is 1.92. The Labute approximate surface area is 136 Å². The minimum Gasteiger partial charge on any atom is -0.379 e. The van der Waals surface area contributed by atoms with Crippen molar-refractivity contribution in [2.24, 2.45) is 0 Å². The number of anilines is 1. The minimum absolute atomic E-state index is 0.0351. The fourth-order valence-corrected chi connectivity index (χ4v) is 2.90. The van der Waals surface area contributed by atoms with E-state index >= 15 is 0 Å². The highest BCUT2D eigenvalue weighted by atomic mass is 32.2. The molecule has 0 bridgehead atoms. The third kappa shape index (κ3) is 4.32. The van der Waals surface area contributed by atoms with Gasteiger partial charge in [0.25, 0.3) is 0 Å². The zero-order valence-electron chi connectivity index (χ0n) is 13.3. The maximum Gasteiger partial charge on any atom is 0.339 e. The van der Waals surface area contributed by atoms with Crippen LogP contribution < -0.4 is 9.50 Å². The molecule has 0 aliphatic rings. The van der Waals surface area contributed by atoms with Gasteiger partial charge in [0.15, 0.2) is 0 Å². The number of carbonyl (C=O) groups is 1. The van der Waals surface area contributed by atoms with Gasteiger partial charge in [-0.15, -0.1) is 0 Å². The first-order valence-electron chi connectivity index (χ1n) is 7.23. The third-order valence-electron chi connectivity index (χ3n) is 3.29. The average molecular weight is 333 g/mol. The average Bonchev–Trinajstić information content (AvgIpc) is 2.51. The van der Waals surface area contributed by atoms with E-state index in [4.69, 9.17) is 4.18 Å². The molecule has 0 aliphatic heterocycles. The van der Waals surface area contributed by atoms with Crippen LogP contribution in [0.25, 0.3) is 0 Å². The Hall–Kier alpha value is -2.34. The second-order valence-corrected chi connectivity index (χ2v) is 6.78. The summed E-state index contributed by atoms with van der Waals surface area (Å²) >= 11 is 0. The highest BCUT2D eigenvalue weighted by Gasteiger charge is 2.18. The molecule has 0 heterocycles. The number of amides is 1. The van der Waals surface area contributed by atoms with Gasteiger partial charge in [0, 0.05) is 12.1 Å². The van der Waals surface area contributed by atoms with Crippen molar-refractivity contribution < 1.29 is 17.4 Å². The second-order valence-electron chi connectivity index (χ2n) is 5.23. The molecule has 0 atom stereocenters. The molecule has 5 nitrogen and oxygen atoms in total. The molecule has 0 unspecified atom stereocenters.